The molecule has 3 rings (SSSR count). The summed E-state index contributed by atoms with van der Waals surface area (Å²) in [4.78, 5) is 15.1. The van der Waals surface area contributed by atoms with Crippen LogP contribution in [0.15, 0.2) is 6.20 Å². The number of unbranched alkanes of at least 4 members (excludes halogenated alkanes) is 2. The Morgan fingerprint density at radius 3 is 2.71 bits per heavy atom. The number of nitrogen functional groups attached to an aromatic ring is 1. The molecule has 0 aromatic carbocycles. The minimum atomic E-state index is 0.589. The van der Waals surface area contributed by atoms with Gasteiger partial charge in [0.1, 0.15) is 11.3 Å². The Morgan fingerprint density at radius 1 is 1.08 bits per heavy atom. The summed E-state index contributed by atoms with van der Waals surface area (Å²) in [6.07, 6.45) is 12.9. The standard InChI is InChI=1S/C19H31N5/c1-2-3-10-16-22-17-15(14-21-18(17)19(20)23-16)9-5-8-13-24-11-6-4-7-12-24/h14,21H,2-13H2,1H3,(H2,20,22,23). The number of hydrogen-bond donors (Lipinski definition) is 2. The number of H-pyrrole nitrogens is 1. The zero-order chi connectivity index (χ0) is 16.8. The maximum Gasteiger partial charge on any atom is 0.151 e. The Labute approximate surface area is 145 Å². The van der Waals surface area contributed by atoms with Crippen LogP contribution in [-0.4, -0.2) is 39.5 Å². The van der Waals surface area contributed by atoms with Gasteiger partial charge in [0.15, 0.2) is 5.82 Å². The molecule has 132 valence electrons. The van der Waals surface area contributed by atoms with E-state index >= 15 is 0 Å². The summed E-state index contributed by atoms with van der Waals surface area (Å²) in [6.45, 7) is 6.00. The van der Waals surface area contributed by atoms with Crippen LogP contribution in [0.4, 0.5) is 5.82 Å². The van der Waals surface area contributed by atoms with E-state index in [-0.39, 0.29) is 0 Å². The number of rotatable bonds is 8. The second kappa shape index (κ2) is 8.47. The number of anilines is 1. The molecule has 5 heteroatoms. The van der Waals surface area contributed by atoms with Gasteiger partial charge in [-0.2, -0.15) is 0 Å². The molecule has 3 heterocycles. The number of nitrogens with zero attached hydrogens (tertiary/aromatic N) is 3. The number of likely N-dealkylation sites (tertiary alicyclic amines) is 1. The number of fused-ring (bicyclic) bond motifs is 1. The summed E-state index contributed by atoms with van der Waals surface area (Å²) in [5.41, 5.74) is 9.33. The van der Waals surface area contributed by atoms with Gasteiger partial charge >= 0.3 is 0 Å². The summed E-state index contributed by atoms with van der Waals surface area (Å²) in [7, 11) is 0. The van der Waals surface area contributed by atoms with E-state index in [1.54, 1.807) is 0 Å². The average molecular weight is 329 g/mol. The SMILES string of the molecule is CCCCc1nc(N)c2[nH]cc(CCCCN3CCCCC3)c2n1. The van der Waals surface area contributed by atoms with Gasteiger partial charge in [0.05, 0.1) is 5.52 Å². The lowest BCUT2D eigenvalue weighted by Crippen LogP contribution is -2.30. The summed E-state index contributed by atoms with van der Waals surface area (Å²) in [6, 6.07) is 0. The van der Waals surface area contributed by atoms with Gasteiger partial charge < -0.3 is 15.6 Å². The van der Waals surface area contributed by atoms with Gasteiger partial charge in [-0.1, -0.05) is 19.8 Å². The van der Waals surface area contributed by atoms with Crippen LogP contribution in [0, 0.1) is 0 Å². The van der Waals surface area contributed by atoms with Gasteiger partial charge in [0, 0.05) is 12.6 Å². The molecule has 0 radical (unpaired) electrons. The van der Waals surface area contributed by atoms with E-state index in [4.69, 9.17) is 10.7 Å². The second-order valence-corrected chi connectivity index (χ2v) is 7.03. The number of hydrogen-bond acceptors (Lipinski definition) is 4. The quantitative estimate of drug-likeness (QED) is 0.725. The van der Waals surface area contributed by atoms with Gasteiger partial charge in [-0.05, 0) is 63.7 Å². The summed E-state index contributed by atoms with van der Waals surface area (Å²) >= 11 is 0. The number of nitrogens with one attached hydrogen (secondary N) is 1. The maximum atomic E-state index is 6.11. The molecule has 5 nitrogen and oxygen atoms in total. The lowest BCUT2D eigenvalue weighted by molar-refractivity contribution is 0.225. The Kier molecular flexibility index (Phi) is 6.07. The van der Waals surface area contributed by atoms with Crippen LogP contribution in [0.3, 0.4) is 0 Å². The molecule has 1 saturated heterocycles. The Hall–Kier alpha value is -1.62. The molecule has 0 bridgehead atoms. The molecule has 0 unspecified atom stereocenters. The number of aryl methyl sites for hydroxylation is 2. The summed E-state index contributed by atoms with van der Waals surface area (Å²) in [5.74, 6) is 1.47. The molecule has 0 amide bonds. The number of nitrogens with two attached hydrogens (primary N) is 1. The smallest absolute Gasteiger partial charge is 0.151 e. The minimum absolute atomic E-state index is 0.589. The first kappa shape index (κ1) is 17.2. The third-order valence-corrected chi connectivity index (χ3v) is 5.05. The fourth-order valence-electron chi connectivity index (χ4n) is 3.60. The summed E-state index contributed by atoms with van der Waals surface area (Å²) < 4.78 is 0. The van der Waals surface area contributed by atoms with Crippen molar-refractivity contribution in [3.63, 3.8) is 0 Å². The predicted molar refractivity (Wildman–Crippen MR) is 100 cm³/mol. The molecule has 0 spiro atoms. The highest BCUT2D eigenvalue weighted by molar-refractivity contribution is 5.87. The molecular formula is C19H31N5. The third-order valence-electron chi connectivity index (χ3n) is 5.05. The van der Waals surface area contributed by atoms with Crippen molar-refractivity contribution in [2.75, 3.05) is 25.4 Å². The monoisotopic (exact) mass is 329 g/mol. The fourth-order valence-corrected chi connectivity index (χ4v) is 3.60. The van der Waals surface area contributed by atoms with E-state index in [0.29, 0.717) is 5.82 Å². The maximum absolute atomic E-state index is 6.11. The Balaban J connectivity index is 1.58. The molecule has 1 aliphatic heterocycles. The fraction of sp³-hybridized carbons (Fsp3) is 0.684. The van der Waals surface area contributed by atoms with Gasteiger partial charge in [0.25, 0.3) is 0 Å². The van der Waals surface area contributed by atoms with E-state index in [9.17, 15) is 0 Å². The molecule has 1 fully saturated rings. The molecule has 2 aromatic heterocycles. The van der Waals surface area contributed by atoms with Crippen LogP contribution in [0.5, 0.6) is 0 Å². The molecule has 0 aliphatic carbocycles. The van der Waals surface area contributed by atoms with Crippen molar-refractivity contribution < 1.29 is 0 Å². The van der Waals surface area contributed by atoms with E-state index in [2.05, 4.69) is 28.0 Å². The van der Waals surface area contributed by atoms with Gasteiger partial charge in [-0.25, -0.2) is 9.97 Å². The van der Waals surface area contributed by atoms with Crippen molar-refractivity contribution in [3.8, 4) is 0 Å². The molecule has 0 atom stereocenters. The predicted octanol–water partition coefficient (Wildman–Crippen LogP) is 3.69. The first-order chi connectivity index (χ1) is 11.8. The van der Waals surface area contributed by atoms with Crippen molar-refractivity contribution >= 4 is 16.9 Å². The Morgan fingerprint density at radius 2 is 1.92 bits per heavy atom. The normalized spacial score (nSPS) is 16.0. The first-order valence-corrected chi connectivity index (χ1v) is 9.62. The number of piperidine rings is 1. The van der Waals surface area contributed by atoms with E-state index in [0.717, 1.165) is 42.5 Å². The summed E-state index contributed by atoms with van der Waals surface area (Å²) in [5, 5.41) is 0. The highest BCUT2D eigenvalue weighted by atomic mass is 15.1. The first-order valence-electron chi connectivity index (χ1n) is 9.62. The van der Waals surface area contributed by atoms with E-state index in [1.807, 2.05) is 0 Å². The molecule has 24 heavy (non-hydrogen) atoms. The van der Waals surface area contributed by atoms with E-state index < -0.39 is 0 Å². The molecule has 2 aromatic rings. The third kappa shape index (κ3) is 4.26. The molecule has 0 saturated carbocycles. The van der Waals surface area contributed by atoms with Gasteiger partial charge in [-0.15, -0.1) is 0 Å². The van der Waals surface area contributed by atoms with Crippen LogP contribution in [0.1, 0.15) is 63.3 Å². The van der Waals surface area contributed by atoms with Crippen LogP contribution < -0.4 is 5.73 Å². The Bertz CT molecular complexity index is 642. The van der Waals surface area contributed by atoms with Crippen LogP contribution in [-0.2, 0) is 12.8 Å². The highest BCUT2D eigenvalue weighted by Crippen LogP contribution is 2.22. The van der Waals surface area contributed by atoms with Crippen LogP contribution in [0.25, 0.3) is 11.0 Å². The second-order valence-electron chi connectivity index (χ2n) is 7.03. The van der Waals surface area contributed by atoms with Gasteiger partial charge in [0.2, 0.25) is 0 Å². The van der Waals surface area contributed by atoms with Crippen molar-refractivity contribution in [3.05, 3.63) is 17.6 Å². The highest BCUT2D eigenvalue weighted by Gasteiger charge is 2.12. The zero-order valence-electron chi connectivity index (χ0n) is 15.0. The van der Waals surface area contributed by atoms with Crippen molar-refractivity contribution in [1.29, 1.82) is 0 Å². The lowest BCUT2D eigenvalue weighted by atomic mass is 10.1. The van der Waals surface area contributed by atoms with Crippen LogP contribution >= 0.6 is 0 Å². The largest absolute Gasteiger partial charge is 0.382 e. The minimum Gasteiger partial charge on any atom is -0.382 e. The lowest BCUT2D eigenvalue weighted by Gasteiger charge is -2.26. The van der Waals surface area contributed by atoms with Gasteiger partial charge in [-0.3, -0.25) is 0 Å². The van der Waals surface area contributed by atoms with Crippen molar-refractivity contribution in [1.82, 2.24) is 19.9 Å². The average Bonchev–Trinajstić information content (AvgIpc) is 3.01. The molecular weight excluding hydrogens is 298 g/mol. The number of aromatic nitrogens is 3. The van der Waals surface area contributed by atoms with Crippen molar-refractivity contribution in [2.24, 2.45) is 0 Å². The molecule has 1 aliphatic rings. The topological polar surface area (TPSA) is 70.8 Å². The van der Waals surface area contributed by atoms with Crippen molar-refractivity contribution in [2.45, 2.75) is 64.7 Å². The number of aromatic amines is 1. The zero-order valence-corrected chi connectivity index (χ0v) is 15.0. The van der Waals surface area contributed by atoms with Crippen LogP contribution in [0.2, 0.25) is 0 Å². The van der Waals surface area contributed by atoms with E-state index in [1.165, 1.54) is 57.3 Å². The molecule has 3 N–H and O–H groups in total.